The number of aryl methyl sites for hydroxylation is 1. The van der Waals surface area contributed by atoms with Crippen molar-refractivity contribution in [2.24, 2.45) is 5.92 Å². The van der Waals surface area contributed by atoms with Gasteiger partial charge in [0.05, 0.1) is 17.0 Å². The van der Waals surface area contributed by atoms with E-state index < -0.39 is 28.5 Å². The van der Waals surface area contributed by atoms with Crippen LogP contribution in [0.4, 0.5) is 5.69 Å². The first-order valence-corrected chi connectivity index (χ1v) is 14.0. The minimum absolute atomic E-state index is 0.0999. The van der Waals surface area contributed by atoms with Gasteiger partial charge in [0.1, 0.15) is 12.6 Å². The van der Waals surface area contributed by atoms with E-state index in [1.807, 2.05) is 52.0 Å². The number of hydrogen-bond acceptors (Lipinski definition) is 4. The number of carbonyl (C=O) groups excluding carboxylic acids is 2. The maximum absolute atomic E-state index is 13.7. The van der Waals surface area contributed by atoms with Gasteiger partial charge in [0.25, 0.3) is 0 Å². The monoisotopic (exact) mass is 541 g/mol. The largest absolute Gasteiger partial charge is 0.354 e. The number of amides is 2. The van der Waals surface area contributed by atoms with Gasteiger partial charge in [-0.15, -0.1) is 0 Å². The molecule has 0 radical (unpaired) electrons. The van der Waals surface area contributed by atoms with Crippen LogP contribution >= 0.6 is 23.2 Å². The highest BCUT2D eigenvalue weighted by molar-refractivity contribution is 7.92. The van der Waals surface area contributed by atoms with Crippen molar-refractivity contribution in [3.05, 3.63) is 63.6 Å². The molecule has 0 aliphatic rings. The lowest BCUT2D eigenvalue weighted by Crippen LogP contribution is -2.52. The molecule has 192 valence electrons. The number of benzene rings is 2. The normalized spacial score (nSPS) is 12.3. The summed E-state index contributed by atoms with van der Waals surface area (Å²) in [6.45, 7) is 7.83. The fourth-order valence-corrected chi connectivity index (χ4v) is 5.01. The second-order valence-corrected chi connectivity index (χ2v) is 11.6. The zero-order valence-electron chi connectivity index (χ0n) is 20.7. The van der Waals surface area contributed by atoms with Crippen LogP contribution in [0.5, 0.6) is 0 Å². The number of halogens is 2. The summed E-state index contributed by atoms with van der Waals surface area (Å²) < 4.78 is 26.3. The maximum Gasteiger partial charge on any atom is 0.244 e. The maximum atomic E-state index is 13.7. The smallest absolute Gasteiger partial charge is 0.244 e. The van der Waals surface area contributed by atoms with Crippen LogP contribution in [-0.2, 0) is 26.2 Å². The molecule has 35 heavy (non-hydrogen) atoms. The lowest BCUT2D eigenvalue weighted by atomic mass is 10.1. The molecule has 2 amide bonds. The molecule has 0 saturated heterocycles. The molecule has 0 aromatic heterocycles. The molecular weight excluding hydrogens is 509 g/mol. The molecular formula is C25H33Cl2N3O4S. The van der Waals surface area contributed by atoms with Crippen molar-refractivity contribution in [3.63, 3.8) is 0 Å². The first kappa shape index (κ1) is 28.9. The highest BCUT2D eigenvalue weighted by atomic mass is 35.5. The van der Waals surface area contributed by atoms with Gasteiger partial charge in [-0.05, 0) is 48.6 Å². The summed E-state index contributed by atoms with van der Waals surface area (Å²) in [6, 6.07) is 11.2. The van der Waals surface area contributed by atoms with E-state index >= 15 is 0 Å². The fourth-order valence-electron chi connectivity index (χ4n) is 3.59. The SMILES string of the molecule is CC[C@H](C(=O)NCC(C)C)N(Cc1ccccc1C)C(=O)CN(c1ccc(Cl)cc1Cl)S(C)(=O)=O. The number of nitrogens with one attached hydrogen (secondary N) is 1. The van der Waals surface area contributed by atoms with Crippen LogP contribution < -0.4 is 9.62 Å². The summed E-state index contributed by atoms with van der Waals surface area (Å²) in [4.78, 5) is 28.2. The number of sulfonamides is 1. The summed E-state index contributed by atoms with van der Waals surface area (Å²) in [5.74, 6) is -0.556. The Kier molecular flexibility index (Phi) is 10.4. The van der Waals surface area contributed by atoms with E-state index in [-0.39, 0.29) is 29.1 Å². The molecule has 2 aromatic carbocycles. The molecule has 0 heterocycles. The van der Waals surface area contributed by atoms with E-state index in [4.69, 9.17) is 23.2 Å². The average molecular weight is 543 g/mol. The molecule has 0 aliphatic carbocycles. The topological polar surface area (TPSA) is 86.8 Å². The van der Waals surface area contributed by atoms with Crippen LogP contribution in [0.2, 0.25) is 10.0 Å². The Morgan fingerprint density at radius 1 is 1.09 bits per heavy atom. The zero-order valence-corrected chi connectivity index (χ0v) is 23.0. The zero-order chi connectivity index (χ0) is 26.3. The standard InChI is InChI=1S/C25H33Cl2N3O4S/c1-6-22(25(32)28-14-17(2)3)29(15-19-10-8-7-9-18(19)4)24(31)16-30(35(5,33)34)23-12-11-20(26)13-21(23)27/h7-13,17,22H,6,14-16H2,1-5H3,(H,28,32)/t22-/m1/s1. The Morgan fingerprint density at radius 2 is 1.74 bits per heavy atom. The van der Waals surface area contributed by atoms with Gasteiger partial charge in [-0.3, -0.25) is 13.9 Å². The Morgan fingerprint density at radius 3 is 2.29 bits per heavy atom. The Bertz CT molecular complexity index is 1160. The lowest BCUT2D eigenvalue weighted by Gasteiger charge is -2.33. The van der Waals surface area contributed by atoms with Crippen LogP contribution in [-0.4, -0.2) is 50.5 Å². The molecule has 1 N–H and O–H groups in total. The molecule has 10 heteroatoms. The van der Waals surface area contributed by atoms with Gasteiger partial charge in [0.15, 0.2) is 0 Å². The number of nitrogens with zero attached hydrogens (tertiary/aromatic N) is 2. The summed E-state index contributed by atoms with van der Waals surface area (Å²) in [7, 11) is -3.88. The van der Waals surface area contributed by atoms with E-state index in [0.717, 1.165) is 21.7 Å². The van der Waals surface area contributed by atoms with Crippen molar-refractivity contribution in [1.29, 1.82) is 0 Å². The minimum atomic E-state index is -3.88. The van der Waals surface area contributed by atoms with Crippen molar-refractivity contribution in [1.82, 2.24) is 10.2 Å². The lowest BCUT2D eigenvalue weighted by molar-refractivity contribution is -0.140. The molecule has 0 spiro atoms. The van der Waals surface area contributed by atoms with E-state index in [9.17, 15) is 18.0 Å². The molecule has 0 saturated carbocycles. The average Bonchev–Trinajstić information content (AvgIpc) is 2.76. The summed E-state index contributed by atoms with van der Waals surface area (Å²) in [5, 5.41) is 3.34. The highest BCUT2D eigenvalue weighted by Gasteiger charge is 2.32. The van der Waals surface area contributed by atoms with E-state index in [1.165, 1.54) is 23.1 Å². The Balaban J connectivity index is 2.47. The first-order chi connectivity index (χ1) is 16.3. The molecule has 0 aliphatic heterocycles. The van der Waals surface area contributed by atoms with Crippen LogP contribution in [0.3, 0.4) is 0 Å². The second kappa shape index (κ2) is 12.6. The number of hydrogen-bond donors (Lipinski definition) is 1. The van der Waals surface area contributed by atoms with E-state index in [2.05, 4.69) is 5.32 Å². The predicted molar refractivity (Wildman–Crippen MR) is 142 cm³/mol. The third-order valence-electron chi connectivity index (χ3n) is 5.53. The predicted octanol–water partition coefficient (Wildman–Crippen LogP) is 4.65. The minimum Gasteiger partial charge on any atom is -0.354 e. The van der Waals surface area contributed by atoms with E-state index in [0.29, 0.717) is 18.0 Å². The van der Waals surface area contributed by atoms with Crippen LogP contribution in [0, 0.1) is 12.8 Å². The highest BCUT2D eigenvalue weighted by Crippen LogP contribution is 2.30. The van der Waals surface area contributed by atoms with Crippen molar-refractivity contribution in [3.8, 4) is 0 Å². The van der Waals surface area contributed by atoms with Crippen LogP contribution in [0.1, 0.15) is 38.3 Å². The van der Waals surface area contributed by atoms with Crippen molar-refractivity contribution < 1.29 is 18.0 Å². The van der Waals surface area contributed by atoms with Gasteiger partial charge in [0, 0.05) is 18.1 Å². The van der Waals surface area contributed by atoms with Crippen molar-refractivity contribution >= 4 is 50.7 Å². The van der Waals surface area contributed by atoms with Crippen LogP contribution in [0.15, 0.2) is 42.5 Å². The molecule has 2 rings (SSSR count). The molecule has 1 atom stereocenters. The van der Waals surface area contributed by atoms with Gasteiger partial charge >= 0.3 is 0 Å². The fraction of sp³-hybridized carbons (Fsp3) is 0.440. The third kappa shape index (κ3) is 8.12. The molecule has 0 fully saturated rings. The molecule has 7 nitrogen and oxygen atoms in total. The summed E-state index contributed by atoms with van der Waals surface area (Å²) in [6.07, 6.45) is 1.37. The number of anilines is 1. The molecule has 0 bridgehead atoms. The Hall–Kier alpha value is -2.29. The van der Waals surface area contributed by atoms with Crippen molar-refractivity contribution in [2.75, 3.05) is 23.7 Å². The second-order valence-electron chi connectivity index (χ2n) is 8.88. The molecule has 2 aromatic rings. The first-order valence-electron chi connectivity index (χ1n) is 11.4. The summed E-state index contributed by atoms with van der Waals surface area (Å²) >= 11 is 12.2. The summed E-state index contributed by atoms with van der Waals surface area (Å²) in [5.41, 5.74) is 1.97. The van der Waals surface area contributed by atoms with Crippen molar-refractivity contribution in [2.45, 2.75) is 46.7 Å². The van der Waals surface area contributed by atoms with Crippen LogP contribution in [0.25, 0.3) is 0 Å². The number of rotatable bonds is 11. The third-order valence-corrected chi connectivity index (χ3v) is 7.19. The van der Waals surface area contributed by atoms with Gasteiger partial charge in [-0.1, -0.05) is 68.2 Å². The van der Waals surface area contributed by atoms with Gasteiger partial charge in [-0.25, -0.2) is 8.42 Å². The number of carbonyl (C=O) groups is 2. The van der Waals surface area contributed by atoms with Gasteiger partial charge in [0.2, 0.25) is 21.8 Å². The quantitative estimate of drug-likeness (QED) is 0.448. The van der Waals surface area contributed by atoms with E-state index in [1.54, 1.807) is 0 Å². The Labute approximate surface area is 218 Å². The molecule has 0 unspecified atom stereocenters. The van der Waals surface area contributed by atoms with Gasteiger partial charge < -0.3 is 10.2 Å². The van der Waals surface area contributed by atoms with Gasteiger partial charge in [-0.2, -0.15) is 0 Å².